The molecule has 1 rings (SSSR count). The van der Waals surface area contributed by atoms with E-state index in [0.717, 1.165) is 6.42 Å². The fraction of sp³-hybridized carbons (Fsp3) is 0.538. The monoisotopic (exact) mass is 284 g/mol. The standard InChI is InChI=1S/C13H20N2OS2/c1-9(2)11(12(14)17)13(16)15(3)7-6-10-5-4-8-18-10/h4-5,8-9,11H,6-7H2,1-3H3,(H2,14,17). The first kappa shape index (κ1) is 15.1. The average molecular weight is 284 g/mol. The predicted molar refractivity (Wildman–Crippen MR) is 80.8 cm³/mol. The number of carbonyl (C=O) groups is 1. The molecular formula is C13H20N2OS2. The molecule has 1 amide bonds. The van der Waals surface area contributed by atoms with Gasteiger partial charge in [0.25, 0.3) is 0 Å². The van der Waals surface area contributed by atoms with Gasteiger partial charge in [-0.05, 0) is 23.8 Å². The SMILES string of the molecule is CC(C)C(C(=O)N(C)CCc1cccs1)C(N)=S. The molecule has 0 aromatic carbocycles. The average Bonchev–Trinajstić information content (AvgIpc) is 2.77. The third-order valence-corrected chi connectivity index (χ3v) is 4.08. The van der Waals surface area contributed by atoms with Crippen LogP contribution in [0.5, 0.6) is 0 Å². The molecule has 0 spiro atoms. The van der Waals surface area contributed by atoms with Crippen LogP contribution in [0.25, 0.3) is 0 Å². The number of rotatable bonds is 6. The summed E-state index contributed by atoms with van der Waals surface area (Å²) in [4.78, 5) is 15.5. The van der Waals surface area contributed by atoms with Crippen LogP contribution in [0, 0.1) is 11.8 Å². The van der Waals surface area contributed by atoms with Crippen LogP contribution in [0.4, 0.5) is 0 Å². The van der Waals surface area contributed by atoms with Gasteiger partial charge < -0.3 is 10.6 Å². The molecule has 2 N–H and O–H groups in total. The van der Waals surface area contributed by atoms with Gasteiger partial charge in [-0.15, -0.1) is 11.3 Å². The number of amides is 1. The molecule has 0 radical (unpaired) electrons. The second-order valence-electron chi connectivity index (χ2n) is 4.71. The van der Waals surface area contributed by atoms with Crippen molar-refractivity contribution in [2.45, 2.75) is 20.3 Å². The summed E-state index contributed by atoms with van der Waals surface area (Å²) in [5.74, 6) is -0.193. The summed E-state index contributed by atoms with van der Waals surface area (Å²) in [6.07, 6.45) is 0.877. The van der Waals surface area contributed by atoms with Gasteiger partial charge in [0.2, 0.25) is 5.91 Å². The number of hydrogen-bond acceptors (Lipinski definition) is 3. The molecule has 0 saturated carbocycles. The molecule has 18 heavy (non-hydrogen) atoms. The Morgan fingerprint density at radius 3 is 2.67 bits per heavy atom. The summed E-state index contributed by atoms with van der Waals surface area (Å²) in [7, 11) is 1.81. The highest BCUT2D eigenvalue weighted by atomic mass is 32.1. The zero-order valence-corrected chi connectivity index (χ0v) is 12.7. The molecule has 1 aromatic rings. The van der Waals surface area contributed by atoms with Crippen LogP contribution in [0.3, 0.4) is 0 Å². The van der Waals surface area contributed by atoms with E-state index in [1.165, 1.54) is 4.88 Å². The van der Waals surface area contributed by atoms with Crippen molar-refractivity contribution in [2.24, 2.45) is 17.6 Å². The first-order chi connectivity index (χ1) is 8.43. The summed E-state index contributed by atoms with van der Waals surface area (Å²) in [5.41, 5.74) is 5.65. The molecular weight excluding hydrogens is 264 g/mol. The largest absolute Gasteiger partial charge is 0.393 e. The van der Waals surface area contributed by atoms with E-state index < -0.39 is 0 Å². The van der Waals surface area contributed by atoms with Gasteiger partial charge in [0.15, 0.2) is 0 Å². The van der Waals surface area contributed by atoms with Crippen molar-refractivity contribution in [3.63, 3.8) is 0 Å². The van der Waals surface area contributed by atoms with Crippen molar-refractivity contribution in [3.8, 4) is 0 Å². The Balaban J connectivity index is 2.57. The summed E-state index contributed by atoms with van der Waals surface area (Å²) in [6.45, 7) is 4.63. The fourth-order valence-corrected chi connectivity index (χ4v) is 2.89. The fourth-order valence-electron chi connectivity index (χ4n) is 1.82. The van der Waals surface area contributed by atoms with Crippen LogP contribution in [0.1, 0.15) is 18.7 Å². The van der Waals surface area contributed by atoms with Crippen molar-refractivity contribution >= 4 is 34.5 Å². The van der Waals surface area contributed by atoms with Gasteiger partial charge in [0.1, 0.15) is 0 Å². The molecule has 1 aromatic heterocycles. The lowest BCUT2D eigenvalue weighted by molar-refractivity contribution is -0.133. The second-order valence-corrected chi connectivity index (χ2v) is 6.22. The van der Waals surface area contributed by atoms with Gasteiger partial charge in [-0.3, -0.25) is 4.79 Å². The van der Waals surface area contributed by atoms with E-state index in [2.05, 4.69) is 6.07 Å². The maximum Gasteiger partial charge on any atom is 0.232 e. The number of carbonyl (C=O) groups excluding carboxylic acids is 1. The topological polar surface area (TPSA) is 46.3 Å². The predicted octanol–water partition coefficient (Wildman–Crippen LogP) is 2.31. The van der Waals surface area contributed by atoms with E-state index in [1.807, 2.05) is 32.3 Å². The maximum absolute atomic E-state index is 12.2. The van der Waals surface area contributed by atoms with Gasteiger partial charge in [-0.1, -0.05) is 32.1 Å². The maximum atomic E-state index is 12.2. The number of hydrogen-bond donors (Lipinski definition) is 1. The number of likely N-dealkylation sites (N-methyl/N-ethyl adjacent to an activating group) is 1. The highest BCUT2D eigenvalue weighted by molar-refractivity contribution is 7.80. The molecule has 1 heterocycles. The van der Waals surface area contributed by atoms with E-state index >= 15 is 0 Å². The third-order valence-electron chi connectivity index (χ3n) is 2.89. The van der Waals surface area contributed by atoms with Crippen molar-refractivity contribution in [3.05, 3.63) is 22.4 Å². The number of thiocarbonyl (C=S) groups is 1. The number of nitrogens with zero attached hydrogens (tertiary/aromatic N) is 1. The van der Waals surface area contributed by atoms with Crippen LogP contribution in [-0.4, -0.2) is 29.4 Å². The van der Waals surface area contributed by atoms with Crippen LogP contribution in [0.15, 0.2) is 17.5 Å². The van der Waals surface area contributed by atoms with Crippen molar-refractivity contribution in [1.82, 2.24) is 4.90 Å². The number of nitrogens with two attached hydrogens (primary N) is 1. The molecule has 5 heteroatoms. The van der Waals surface area contributed by atoms with Crippen LogP contribution in [0.2, 0.25) is 0 Å². The lowest BCUT2D eigenvalue weighted by Crippen LogP contribution is -2.42. The highest BCUT2D eigenvalue weighted by Gasteiger charge is 2.27. The normalized spacial score (nSPS) is 12.4. The Labute approximate surface area is 118 Å². The second kappa shape index (κ2) is 6.85. The minimum absolute atomic E-state index is 0.0223. The molecule has 0 fully saturated rings. The van der Waals surface area contributed by atoms with Crippen molar-refractivity contribution in [2.75, 3.05) is 13.6 Å². The first-order valence-corrected chi connectivity index (χ1v) is 7.29. The Morgan fingerprint density at radius 2 is 2.22 bits per heavy atom. The Bertz CT molecular complexity index is 401. The van der Waals surface area contributed by atoms with Gasteiger partial charge in [0, 0.05) is 18.5 Å². The molecule has 0 aliphatic rings. The Hall–Kier alpha value is -0.940. The van der Waals surface area contributed by atoms with E-state index in [4.69, 9.17) is 18.0 Å². The van der Waals surface area contributed by atoms with Gasteiger partial charge in [-0.25, -0.2) is 0 Å². The number of thiophene rings is 1. The Morgan fingerprint density at radius 1 is 1.56 bits per heavy atom. The summed E-state index contributed by atoms with van der Waals surface area (Å²) in [5, 5.41) is 2.04. The van der Waals surface area contributed by atoms with E-state index in [-0.39, 0.29) is 22.7 Å². The van der Waals surface area contributed by atoms with E-state index in [0.29, 0.717) is 6.54 Å². The van der Waals surface area contributed by atoms with Gasteiger partial charge >= 0.3 is 0 Å². The lowest BCUT2D eigenvalue weighted by Gasteiger charge is -2.25. The first-order valence-electron chi connectivity index (χ1n) is 6.00. The lowest BCUT2D eigenvalue weighted by atomic mass is 9.94. The van der Waals surface area contributed by atoms with Crippen LogP contribution < -0.4 is 5.73 Å². The molecule has 0 aliphatic heterocycles. The highest BCUT2D eigenvalue weighted by Crippen LogP contribution is 2.15. The summed E-state index contributed by atoms with van der Waals surface area (Å²) < 4.78 is 0. The quantitative estimate of drug-likeness (QED) is 0.815. The third kappa shape index (κ3) is 4.07. The van der Waals surface area contributed by atoms with Crippen molar-refractivity contribution in [1.29, 1.82) is 0 Å². The molecule has 0 saturated heterocycles. The molecule has 0 bridgehead atoms. The molecule has 1 unspecified atom stereocenters. The minimum Gasteiger partial charge on any atom is -0.393 e. The van der Waals surface area contributed by atoms with E-state index in [9.17, 15) is 4.79 Å². The zero-order chi connectivity index (χ0) is 13.7. The van der Waals surface area contributed by atoms with Crippen molar-refractivity contribution < 1.29 is 4.79 Å². The molecule has 100 valence electrons. The van der Waals surface area contributed by atoms with Crippen LogP contribution >= 0.6 is 23.6 Å². The summed E-state index contributed by atoms with van der Waals surface area (Å²) in [6, 6.07) is 4.10. The summed E-state index contributed by atoms with van der Waals surface area (Å²) >= 11 is 6.69. The molecule has 0 aliphatic carbocycles. The van der Waals surface area contributed by atoms with Crippen LogP contribution in [-0.2, 0) is 11.2 Å². The minimum atomic E-state index is -0.353. The van der Waals surface area contributed by atoms with E-state index in [1.54, 1.807) is 16.2 Å². The Kier molecular flexibility index (Phi) is 5.75. The zero-order valence-electron chi connectivity index (χ0n) is 11.1. The van der Waals surface area contributed by atoms with Gasteiger partial charge in [-0.2, -0.15) is 0 Å². The molecule has 3 nitrogen and oxygen atoms in total. The molecule has 1 atom stereocenters. The smallest absolute Gasteiger partial charge is 0.232 e. The van der Waals surface area contributed by atoms with Gasteiger partial charge in [0.05, 0.1) is 10.9 Å².